The molecule has 0 bridgehead atoms. The number of aliphatic carboxylic acids is 1. The number of carbonyl (C=O) groups is 6. The van der Waals surface area contributed by atoms with E-state index in [0.29, 0.717) is 13.0 Å². The summed E-state index contributed by atoms with van der Waals surface area (Å²) in [7, 11) is 0. The van der Waals surface area contributed by atoms with Crippen molar-refractivity contribution >= 4 is 47.4 Å². The second kappa shape index (κ2) is 23.2. The average molecular weight is 761 g/mol. The summed E-state index contributed by atoms with van der Waals surface area (Å²) in [6, 6.07) is 2.03. The van der Waals surface area contributed by atoms with Crippen molar-refractivity contribution in [2.75, 3.05) is 26.2 Å². The molecule has 0 aliphatic carbocycles. The maximum absolute atomic E-state index is 13.8. The zero-order valence-corrected chi connectivity index (χ0v) is 30.8. The van der Waals surface area contributed by atoms with Crippen LogP contribution in [0.4, 0.5) is 0 Å². The second-order valence-corrected chi connectivity index (χ2v) is 13.2. The molecule has 16 N–H and O–H groups in total. The quantitative estimate of drug-likeness (QED) is 0.0290. The fourth-order valence-electron chi connectivity index (χ4n) is 5.56. The van der Waals surface area contributed by atoms with E-state index in [4.69, 9.17) is 22.9 Å². The van der Waals surface area contributed by atoms with Gasteiger partial charge in [-0.1, -0.05) is 44.2 Å². The summed E-state index contributed by atoms with van der Waals surface area (Å²) < 4.78 is 0. The number of nitrogens with zero attached hydrogens (tertiary/aromatic N) is 2. The maximum Gasteiger partial charge on any atom is 0.326 e. The molecular weight excluding hydrogens is 704 g/mol. The average Bonchev–Trinajstić information content (AvgIpc) is 3.67. The Morgan fingerprint density at radius 1 is 0.759 bits per heavy atom. The molecule has 300 valence electrons. The molecule has 0 spiro atoms. The predicted molar refractivity (Wildman–Crippen MR) is 200 cm³/mol. The molecule has 20 nitrogen and oxygen atoms in total. The third kappa shape index (κ3) is 16.0. The SMILES string of the molecule is CC(C)C(NC(=O)C(CO)NC(=O)C(CCCN=C(N)N)NC(=O)C(Cc1ccccc1)NC(=O)C1CCCN1)C(=O)NC(CCCN=C(N)N)C(=O)O. The van der Waals surface area contributed by atoms with E-state index in [9.17, 15) is 39.0 Å². The number of carboxylic acids is 1. The zero-order valence-electron chi connectivity index (χ0n) is 30.8. The van der Waals surface area contributed by atoms with Crippen LogP contribution in [0.2, 0.25) is 0 Å². The van der Waals surface area contributed by atoms with Crippen molar-refractivity contribution in [3.8, 4) is 0 Å². The molecule has 1 aromatic carbocycles. The molecule has 54 heavy (non-hydrogen) atoms. The summed E-state index contributed by atoms with van der Waals surface area (Å²) in [5.41, 5.74) is 22.2. The summed E-state index contributed by atoms with van der Waals surface area (Å²) in [5, 5.41) is 35.6. The van der Waals surface area contributed by atoms with E-state index in [1.54, 1.807) is 38.1 Å². The molecule has 2 rings (SSSR count). The first kappa shape index (κ1) is 44.7. The molecule has 0 aromatic heterocycles. The molecule has 6 unspecified atom stereocenters. The molecule has 1 fully saturated rings. The Morgan fingerprint density at radius 2 is 1.30 bits per heavy atom. The number of hydrogen-bond acceptors (Lipinski definition) is 10. The van der Waals surface area contributed by atoms with Crippen LogP contribution in [0, 0.1) is 5.92 Å². The minimum absolute atomic E-state index is 0.00108. The van der Waals surface area contributed by atoms with Gasteiger partial charge in [0.05, 0.1) is 12.6 Å². The Balaban J connectivity index is 2.22. The van der Waals surface area contributed by atoms with Gasteiger partial charge in [-0.25, -0.2) is 4.79 Å². The van der Waals surface area contributed by atoms with Crippen molar-refractivity contribution in [2.24, 2.45) is 38.8 Å². The van der Waals surface area contributed by atoms with E-state index >= 15 is 0 Å². The van der Waals surface area contributed by atoms with Gasteiger partial charge in [0, 0.05) is 19.5 Å². The van der Waals surface area contributed by atoms with E-state index in [-0.39, 0.29) is 63.0 Å². The van der Waals surface area contributed by atoms with Crippen LogP contribution in [0.25, 0.3) is 0 Å². The Labute approximate surface area is 314 Å². The molecule has 5 amide bonds. The Bertz CT molecular complexity index is 1460. The van der Waals surface area contributed by atoms with Crippen LogP contribution in [-0.4, -0.2) is 120 Å². The van der Waals surface area contributed by atoms with Gasteiger partial charge in [0.2, 0.25) is 29.5 Å². The predicted octanol–water partition coefficient (Wildman–Crippen LogP) is -3.75. The van der Waals surface area contributed by atoms with Crippen molar-refractivity contribution < 1.29 is 39.0 Å². The minimum Gasteiger partial charge on any atom is -0.480 e. The lowest BCUT2D eigenvalue weighted by Crippen LogP contribution is -2.60. The van der Waals surface area contributed by atoms with Gasteiger partial charge in [0.25, 0.3) is 0 Å². The molecule has 1 saturated heterocycles. The number of nitrogens with one attached hydrogen (secondary N) is 6. The third-order valence-electron chi connectivity index (χ3n) is 8.49. The fourth-order valence-corrected chi connectivity index (χ4v) is 5.56. The lowest BCUT2D eigenvalue weighted by Gasteiger charge is -2.27. The van der Waals surface area contributed by atoms with Crippen LogP contribution < -0.4 is 54.8 Å². The van der Waals surface area contributed by atoms with Crippen LogP contribution >= 0.6 is 0 Å². The van der Waals surface area contributed by atoms with Crippen molar-refractivity contribution in [2.45, 2.75) is 95.0 Å². The highest BCUT2D eigenvalue weighted by Crippen LogP contribution is 2.10. The van der Waals surface area contributed by atoms with Crippen LogP contribution in [0.15, 0.2) is 40.3 Å². The number of carbonyl (C=O) groups excluding carboxylic acids is 5. The van der Waals surface area contributed by atoms with Gasteiger partial charge in [0.1, 0.15) is 30.2 Å². The van der Waals surface area contributed by atoms with Gasteiger partial charge < -0.3 is 65.0 Å². The van der Waals surface area contributed by atoms with Crippen LogP contribution in [-0.2, 0) is 35.2 Å². The summed E-state index contributed by atoms with van der Waals surface area (Å²) >= 11 is 0. The lowest BCUT2D eigenvalue weighted by atomic mass is 10.0. The summed E-state index contributed by atoms with van der Waals surface area (Å²) in [6.07, 6.45) is 1.99. The van der Waals surface area contributed by atoms with Gasteiger partial charge in [0.15, 0.2) is 11.9 Å². The number of benzene rings is 1. The fraction of sp³-hybridized carbons (Fsp3) is 0.588. The van der Waals surface area contributed by atoms with Crippen molar-refractivity contribution in [1.29, 1.82) is 0 Å². The highest BCUT2D eigenvalue weighted by Gasteiger charge is 2.34. The van der Waals surface area contributed by atoms with Crippen LogP contribution in [0.5, 0.6) is 0 Å². The van der Waals surface area contributed by atoms with Gasteiger partial charge in [-0.15, -0.1) is 0 Å². The van der Waals surface area contributed by atoms with Gasteiger partial charge >= 0.3 is 5.97 Å². The highest BCUT2D eigenvalue weighted by molar-refractivity contribution is 5.96. The monoisotopic (exact) mass is 760 g/mol. The smallest absolute Gasteiger partial charge is 0.326 e. The number of hydrogen-bond donors (Lipinski definition) is 12. The first-order valence-corrected chi connectivity index (χ1v) is 17.9. The van der Waals surface area contributed by atoms with E-state index in [2.05, 4.69) is 41.9 Å². The number of amides is 5. The largest absolute Gasteiger partial charge is 0.480 e. The molecule has 0 radical (unpaired) electrons. The number of aliphatic hydroxyl groups excluding tert-OH is 1. The number of nitrogens with two attached hydrogens (primary N) is 4. The van der Waals surface area contributed by atoms with Crippen molar-refractivity contribution in [3.05, 3.63) is 35.9 Å². The number of aliphatic hydroxyl groups is 1. The first-order chi connectivity index (χ1) is 25.6. The Morgan fingerprint density at radius 3 is 1.81 bits per heavy atom. The molecule has 1 aliphatic heterocycles. The van der Waals surface area contributed by atoms with Crippen LogP contribution in [0.1, 0.15) is 57.9 Å². The van der Waals surface area contributed by atoms with Crippen molar-refractivity contribution in [1.82, 2.24) is 31.9 Å². The summed E-state index contributed by atoms with van der Waals surface area (Å²) in [6.45, 7) is 3.25. The zero-order chi connectivity index (χ0) is 40.2. The molecular formula is C34H56N12O8. The molecule has 0 saturated carbocycles. The Kier molecular flexibility index (Phi) is 19.2. The summed E-state index contributed by atoms with van der Waals surface area (Å²) in [5.74, 6) is -5.81. The topological polar surface area (TPSA) is 344 Å². The second-order valence-electron chi connectivity index (χ2n) is 13.2. The van der Waals surface area contributed by atoms with E-state index in [0.717, 1.165) is 12.0 Å². The number of carboxylic acid groups (broad SMARTS) is 1. The molecule has 20 heteroatoms. The van der Waals surface area contributed by atoms with E-state index in [1.807, 2.05) is 6.07 Å². The molecule has 1 aliphatic rings. The molecule has 1 aromatic rings. The minimum atomic E-state index is -1.58. The number of aliphatic imine (C=N–C) groups is 2. The molecule has 1 heterocycles. The number of guanidine groups is 2. The van der Waals surface area contributed by atoms with Crippen LogP contribution in [0.3, 0.4) is 0 Å². The Hall–Kier alpha value is -5.50. The van der Waals surface area contributed by atoms with Gasteiger partial charge in [-0.2, -0.15) is 0 Å². The van der Waals surface area contributed by atoms with Gasteiger partial charge in [-0.05, 0) is 56.6 Å². The third-order valence-corrected chi connectivity index (χ3v) is 8.49. The first-order valence-electron chi connectivity index (χ1n) is 17.9. The normalized spacial score (nSPS) is 16.4. The van der Waals surface area contributed by atoms with Gasteiger partial charge in [-0.3, -0.25) is 34.0 Å². The van der Waals surface area contributed by atoms with E-state index in [1.165, 1.54) is 0 Å². The van der Waals surface area contributed by atoms with E-state index < -0.39 is 78.4 Å². The lowest BCUT2D eigenvalue weighted by molar-refractivity contribution is -0.143. The summed E-state index contributed by atoms with van der Waals surface area (Å²) in [4.78, 5) is 86.5. The number of rotatable bonds is 23. The maximum atomic E-state index is 13.8. The standard InChI is InChI=1S/C34H56N12O8/c1-19(2)26(31(52)43-23(32(53)54)13-8-16-41-34(37)38)46-30(51)25(18-47)45-28(49)22(12-7-15-40-33(35)36)42-29(50)24(17-20-9-4-3-5-10-20)44-27(48)21-11-6-14-39-21/h3-5,9-10,19,21-26,39,47H,6-8,11-18H2,1-2H3,(H,42,50)(H,43,52)(H,44,48)(H,45,49)(H,46,51)(H,53,54)(H4,35,36,40)(H4,37,38,41). The van der Waals surface area contributed by atoms with Crippen molar-refractivity contribution in [3.63, 3.8) is 0 Å². The molecule has 6 atom stereocenters. The highest BCUT2D eigenvalue weighted by atomic mass is 16.4.